The summed E-state index contributed by atoms with van der Waals surface area (Å²) in [4.78, 5) is 35.4. The molecule has 52 heavy (non-hydrogen) atoms. The number of fused-ring (bicyclic) bond motifs is 1. The smallest absolute Gasteiger partial charge is 0.258 e. The van der Waals surface area contributed by atoms with Gasteiger partial charge in [-0.15, -0.1) is 0 Å². The number of nitrogens with zero attached hydrogens (tertiary/aromatic N) is 7. The first-order valence-electron chi connectivity index (χ1n) is 18.5. The second-order valence-electron chi connectivity index (χ2n) is 14.8. The number of hydrogen-bond donors (Lipinski definition) is 1. The number of benzene rings is 1. The van der Waals surface area contributed by atoms with Crippen LogP contribution in [0.15, 0.2) is 43.0 Å². The maximum Gasteiger partial charge on any atom is 0.258 e. The lowest BCUT2D eigenvalue weighted by Gasteiger charge is -2.44. The fourth-order valence-electron chi connectivity index (χ4n) is 7.91. The van der Waals surface area contributed by atoms with Gasteiger partial charge in [-0.25, -0.2) is 23.1 Å². The van der Waals surface area contributed by atoms with Crippen LogP contribution in [0.2, 0.25) is 0 Å². The van der Waals surface area contributed by atoms with E-state index in [1.54, 1.807) is 13.8 Å². The summed E-state index contributed by atoms with van der Waals surface area (Å²) < 4.78 is 54.9. The standard InChI is InChI=1S/C38H48F3N7O4/c1-25(2)48(28-19-38(40,41)20-28)37(50)30-18-26(39)4-5-33(30)52-35-21-42-24-44-36(35)47-16-8-29(9-17-47)51-34-6-11-43-32-10-14-45(22-31(32)34)12-3-13-46-15-7-27(46)23-49/h4-6,11,18,21,24-25,27-29,49H,3,7-10,12-17,19-20,22-23H2,1-2H3/t27-/m0/s1. The van der Waals surface area contributed by atoms with E-state index in [-0.39, 0.29) is 30.1 Å². The van der Waals surface area contributed by atoms with E-state index in [4.69, 9.17) is 9.47 Å². The van der Waals surface area contributed by atoms with Crippen molar-refractivity contribution in [3.8, 4) is 17.2 Å². The first kappa shape index (κ1) is 36.4. The number of aliphatic hydroxyl groups excluding tert-OH is 1. The molecule has 11 nitrogen and oxygen atoms in total. The second-order valence-corrected chi connectivity index (χ2v) is 14.8. The van der Waals surface area contributed by atoms with Gasteiger partial charge >= 0.3 is 0 Å². The SMILES string of the molecule is CC(C)N(C(=O)c1cc(F)ccc1Oc1cncnc1N1CCC(Oc2ccnc3c2CN(CCCN2CC[C@H]2CO)CC3)CC1)C1CC(F)(F)C1. The normalized spacial score (nSPS) is 21.0. The van der Waals surface area contributed by atoms with Crippen LogP contribution in [-0.2, 0) is 13.0 Å². The molecule has 0 radical (unpaired) electrons. The van der Waals surface area contributed by atoms with Gasteiger partial charge in [0.2, 0.25) is 0 Å². The van der Waals surface area contributed by atoms with Crippen molar-refractivity contribution in [2.24, 2.45) is 0 Å². The summed E-state index contributed by atoms with van der Waals surface area (Å²) in [6.07, 6.45) is 8.43. The average Bonchev–Trinajstić information content (AvgIpc) is 3.10. The monoisotopic (exact) mass is 723 g/mol. The van der Waals surface area contributed by atoms with Gasteiger partial charge in [0.05, 0.1) is 18.4 Å². The van der Waals surface area contributed by atoms with Crippen LogP contribution in [-0.4, -0.2) is 117 Å². The lowest BCUT2D eigenvalue weighted by molar-refractivity contribution is -0.120. The second kappa shape index (κ2) is 15.5. The van der Waals surface area contributed by atoms with Crippen LogP contribution in [0.5, 0.6) is 17.2 Å². The van der Waals surface area contributed by atoms with Crippen molar-refractivity contribution in [3.63, 3.8) is 0 Å². The Bertz CT molecular complexity index is 1710. The van der Waals surface area contributed by atoms with Gasteiger partial charge < -0.3 is 24.4 Å². The van der Waals surface area contributed by atoms with E-state index in [0.717, 1.165) is 87.9 Å². The Kier molecular flexibility index (Phi) is 10.9. The third kappa shape index (κ3) is 7.98. The largest absolute Gasteiger partial charge is 0.490 e. The first-order valence-corrected chi connectivity index (χ1v) is 18.5. The molecule has 14 heteroatoms. The number of piperidine rings is 1. The van der Waals surface area contributed by atoms with Crippen molar-refractivity contribution < 1.29 is 32.5 Å². The zero-order valence-corrected chi connectivity index (χ0v) is 29.9. The third-order valence-corrected chi connectivity index (χ3v) is 10.9. The number of hydrogen-bond acceptors (Lipinski definition) is 10. The number of aliphatic hydroxyl groups is 1. The molecular formula is C38H48F3N7O4. The molecule has 3 fully saturated rings. The number of carbonyl (C=O) groups is 1. The zero-order valence-electron chi connectivity index (χ0n) is 29.9. The van der Waals surface area contributed by atoms with Crippen molar-refractivity contribution in [1.29, 1.82) is 0 Å². The third-order valence-electron chi connectivity index (χ3n) is 10.9. The highest BCUT2D eigenvalue weighted by molar-refractivity contribution is 5.97. The number of ether oxygens (including phenoxy) is 2. The summed E-state index contributed by atoms with van der Waals surface area (Å²) in [6.45, 7) is 9.87. The molecule has 0 spiro atoms. The molecule has 0 bridgehead atoms. The quantitative estimate of drug-likeness (QED) is 0.249. The number of amides is 1. The highest BCUT2D eigenvalue weighted by Crippen LogP contribution is 2.42. The number of alkyl halides is 2. The van der Waals surface area contributed by atoms with Gasteiger partial charge in [0.1, 0.15) is 29.7 Å². The van der Waals surface area contributed by atoms with Crippen LogP contribution < -0.4 is 14.4 Å². The molecule has 1 aromatic carbocycles. The Morgan fingerprint density at radius 1 is 1.04 bits per heavy atom. The van der Waals surface area contributed by atoms with E-state index in [9.17, 15) is 23.1 Å². The Morgan fingerprint density at radius 3 is 2.56 bits per heavy atom. The number of likely N-dealkylation sites (tertiary alicyclic amines) is 1. The van der Waals surface area contributed by atoms with Gasteiger partial charge in [0, 0.05) is 100 Å². The molecule has 0 unspecified atom stereocenters. The molecular weight excluding hydrogens is 675 g/mol. The van der Waals surface area contributed by atoms with Crippen molar-refractivity contribution in [2.75, 3.05) is 50.8 Å². The minimum Gasteiger partial charge on any atom is -0.490 e. The Labute approximate surface area is 302 Å². The van der Waals surface area contributed by atoms with Crippen LogP contribution in [0.25, 0.3) is 0 Å². The van der Waals surface area contributed by atoms with Crippen LogP contribution >= 0.6 is 0 Å². The highest BCUT2D eigenvalue weighted by atomic mass is 19.3. The maximum atomic E-state index is 14.5. The molecule has 2 saturated heterocycles. The number of aromatic nitrogens is 3. The van der Waals surface area contributed by atoms with Gasteiger partial charge in [-0.3, -0.25) is 19.6 Å². The minimum atomic E-state index is -2.81. The van der Waals surface area contributed by atoms with Gasteiger partial charge in [-0.2, -0.15) is 0 Å². The lowest BCUT2D eigenvalue weighted by Crippen LogP contribution is -2.55. The summed E-state index contributed by atoms with van der Waals surface area (Å²) in [5.41, 5.74) is 2.21. The van der Waals surface area contributed by atoms with Gasteiger partial charge in [-0.05, 0) is 64.0 Å². The average molecular weight is 724 g/mol. The summed E-state index contributed by atoms with van der Waals surface area (Å²) >= 11 is 0. The van der Waals surface area contributed by atoms with Gasteiger partial charge in [0.15, 0.2) is 11.6 Å². The zero-order chi connectivity index (χ0) is 36.4. The van der Waals surface area contributed by atoms with E-state index in [2.05, 4.69) is 29.7 Å². The van der Waals surface area contributed by atoms with E-state index in [1.165, 1.54) is 29.6 Å². The maximum absolute atomic E-state index is 14.5. The lowest BCUT2D eigenvalue weighted by atomic mass is 9.85. The number of pyridine rings is 1. The Morgan fingerprint density at radius 2 is 1.85 bits per heavy atom. The van der Waals surface area contributed by atoms with Gasteiger partial charge in [-0.1, -0.05) is 0 Å². The predicted molar refractivity (Wildman–Crippen MR) is 189 cm³/mol. The highest BCUT2D eigenvalue weighted by Gasteiger charge is 2.50. The molecule has 1 saturated carbocycles. The Balaban J connectivity index is 0.983. The summed E-state index contributed by atoms with van der Waals surface area (Å²) in [5.74, 6) is -2.18. The van der Waals surface area contributed by atoms with Crippen LogP contribution in [0.3, 0.4) is 0 Å². The van der Waals surface area contributed by atoms with Crippen molar-refractivity contribution in [3.05, 3.63) is 65.6 Å². The number of carbonyl (C=O) groups excluding carboxylic acids is 1. The number of anilines is 1. The summed E-state index contributed by atoms with van der Waals surface area (Å²) in [7, 11) is 0. The molecule has 1 N–H and O–H groups in total. The van der Waals surface area contributed by atoms with E-state index < -0.39 is 36.5 Å². The molecule has 3 aliphatic heterocycles. The van der Waals surface area contributed by atoms with Crippen LogP contribution in [0.4, 0.5) is 19.0 Å². The Hall–Kier alpha value is -4.01. The fourth-order valence-corrected chi connectivity index (χ4v) is 7.91. The summed E-state index contributed by atoms with van der Waals surface area (Å²) in [6, 6.07) is 4.95. The van der Waals surface area contributed by atoms with E-state index in [1.807, 2.05) is 12.3 Å². The first-order chi connectivity index (χ1) is 25.1. The van der Waals surface area contributed by atoms with Crippen LogP contribution in [0, 0.1) is 5.82 Å². The van der Waals surface area contributed by atoms with Crippen molar-refractivity contribution >= 4 is 11.7 Å². The molecule has 2 aromatic heterocycles. The topological polar surface area (TPSA) is 107 Å². The summed E-state index contributed by atoms with van der Waals surface area (Å²) in [5, 5.41) is 9.49. The molecule has 4 aliphatic rings. The number of rotatable bonds is 13. The minimum absolute atomic E-state index is 0.00612. The van der Waals surface area contributed by atoms with Crippen molar-refractivity contribution in [1.82, 2.24) is 29.7 Å². The van der Waals surface area contributed by atoms with Crippen molar-refractivity contribution in [2.45, 2.75) is 95.5 Å². The molecule has 1 amide bonds. The van der Waals surface area contributed by atoms with E-state index in [0.29, 0.717) is 30.7 Å². The van der Waals surface area contributed by atoms with Crippen LogP contribution in [0.1, 0.15) is 74.0 Å². The molecule has 7 rings (SSSR count). The van der Waals surface area contributed by atoms with E-state index >= 15 is 0 Å². The fraction of sp³-hybridized carbons (Fsp3) is 0.579. The molecule has 1 atom stereocenters. The number of halogens is 3. The molecule has 5 heterocycles. The predicted octanol–water partition coefficient (Wildman–Crippen LogP) is 5.31. The van der Waals surface area contributed by atoms with Gasteiger partial charge in [0.25, 0.3) is 11.8 Å². The molecule has 3 aromatic rings. The molecule has 280 valence electrons. The molecule has 1 aliphatic carbocycles.